The fourth-order valence-corrected chi connectivity index (χ4v) is 1.41. The molecule has 1 aromatic carbocycles. The normalized spacial score (nSPS) is 9.62. The van der Waals surface area contributed by atoms with E-state index >= 15 is 0 Å². The molecule has 13 heavy (non-hydrogen) atoms. The van der Waals surface area contributed by atoms with Crippen molar-refractivity contribution in [1.82, 2.24) is 0 Å². The van der Waals surface area contributed by atoms with E-state index in [4.69, 9.17) is 22.6 Å². The number of benzene rings is 1. The number of rotatable bonds is 3. The largest absolute Gasteiger partial charge is 0.326 e. The Bertz CT molecular complexity index is 328. The van der Waals surface area contributed by atoms with Gasteiger partial charge in [0, 0.05) is 18.0 Å². The van der Waals surface area contributed by atoms with Gasteiger partial charge in [-0.2, -0.15) is 5.26 Å². The van der Waals surface area contributed by atoms with E-state index in [1.165, 1.54) is 0 Å². The van der Waals surface area contributed by atoms with Crippen LogP contribution in [0.5, 0.6) is 0 Å². The summed E-state index contributed by atoms with van der Waals surface area (Å²) in [4.78, 5) is 0. The fourth-order valence-electron chi connectivity index (χ4n) is 1.22. The Morgan fingerprint density at radius 2 is 2.15 bits per heavy atom. The van der Waals surface area contributed by atoms with Gasteiger partial charge in [-0.15, -0.1) is 0 Å². The Morgan fingerprint density at radius 3 is 2.77 bits per heavy atom. The van der Waals surface area contributed by atoms with Crippen molar-refractivity contribution in [1.29, 1.82) is 5.26 Å². The van der Waals surface area contributed by atoms with E-state index in [1.54, 1.807) is 0 Å². The van der Waals surface area contributed by atoms with E-state index in [0.717, 1.165) is 17.5 Å². The molecule has 1 rings (SSSR count). The Morgan fingerprint density at radius 1 is 1.38 bits per heavy atom. The van der Waals surface area contributed by atoms with Gasteiger partial charge in [-0.05, 0) is 29.7 Å². The molecule has 0 heterocycles. The van der Waals surface area contributed by atoms with E-state index in [0.29, 0.717) is 18.0 Å². The molecule has 0 atom stereocenters. The first kappa shape index (κ1) is 10.0. The minimum Gasteiger partial charge on any atom is -0.326 e. The predicted octanol–water partition coefficient (Wildman–Crippen LogP) is 2.25. The smallest absolute Gasteiger partial charge is 0.0625 e. The van der Waals surface area contributed by atoms with Gasteiger partial charge in [0.15, 0.2) is 0 Å². The van der Waals surface area contributed by atoms with Crippen molar-refractivity contribution in [3.05, 3.63) is 34.3 Å². The number of nitriles is 1. The van der Waals surface area contributed by atoms with Crippen molar-refractivity contribution in [2.45, 2.75) is 19.4 Å². The number of nitrogens with zero attached hydrogens (tertiary/aromatic N) is 1. The van der Waals surface area contributed by atoms with Crippen LogP contribution >= 0.6 is 11.6 Å². The molecule has 2 nitrogen and oxygen atoms in total. The van der Waals surface area contributed by atoms with Crippen LogP contribution in [0.25, 0.3) is 0 Å². The molecular weight excluding hydrogens is 184 g/mol. The maximum atomic E-state index is 8.44. The zero-order chi connectivity index (χ0) is 9.68. The summed E-state index contributed by atoms with van der Waals surface area (Å²) in [6.45, 7) is 0.474. The molecule has 0 spiro atoms. The maximum absolute atomic E-state index is 8.44. The second-order valence-electron chi connectivity index (χ2n) is 2.78. The average Bonchev–Trinajstić information content (AvgIpc) is 2.16. The minimum atomic E-state index is 0.474. The Balaban J connectivity index is 2.87. The third kappa shape index (κ3) is 2.73. The summed E-state index contributed by atoms with van der Waals surface area (Å²) in [7, 11) is 0. The zero-order valence-corrected chi connectivity index (χ0v) is 8.01. The fraction of sp³-hybridized carbons (Fsp3) is 0.300. The second-order valence-corrected chi connectivity index (χ2v) is 3.21. The molecular formula is C10H11ClN2. The van der Waals surface area contributed by atoms with Crippen LogP contribution in [-0.2, 0) is 13.0 Å². The van der Waals surface area contributed by atoms with Gasteiger partial charge in [0.2, 0.25) is 0 Å². The summed E-state index contributed by atoms with van der Waals surface area (Å²) in [5.41, 5.74) is 7.70. The molecule has 0 radical (unpaired) electrons. The molecule has 0 aliphatic carbocycles. The average molecular weight is 195 g/mol. The number of hydrogen-bond donors (Lipinski definition) is 1. The summed E-state index contributed by atoms with van der Waals surface area (Å²) in [5.74, 6) is 0. The Hall–Kier alpha value is -1.04. The van der Waals surface area contributed by atoms with Gasteiger partial charge in [0.05, 0.1) is 6.07 Å². The van der Waals surface area contributed by atoms with Gasteiger partial charge in [-0.25, -0.2) is 0 Å². The number of aryl methyl sites for hydroxylation is 1. The topological polar surface area (TPSA) is 49.8 Å². The number of nitrogens with two attached hydrogens (primary N) is 1. The summed E-state index contributed by atoms with van der Waals surface area (Å²) in [5, 5.41) is 9.13. The first-order valence-corrected chi connectivity index (χ1v) is 4.50. The molecule has 68 valence electrons. The highest BCUT2D eigenvalue weighted by Crippen LogP contribution is 2.16. The number of hydrogen-bond acceptors (Lipinski definition) is 2. The third-order valence-electron chi connectivity index (χ3n) is 1.89. The molecule has 0 saturated carbocycles. The summed E-state index contributed by atoms with van der Waals surface area (Å²) >= 11 is 5.81. The molecule has 0 unspecified atom stereocenters. The lowest BCUT2D eigenvalue weighted by Gasteiger charge is -2.05. The van der Waals surface area contributed by atoms with Crippen molar-refractivity contribution < 1.29 is 0 Å². The van der Waals surface area contributed by atoms with Crippen LogP contribution in [-0.4, -0.2) is 0 Å². The van der Waals surface area contributed by atoms with E-state index in [-0.39, 0.29) is 0 Å². The van der Waals surface area contributed by atoms with E-state index in [9.17, 15) is 0 Å². The first-order chi connectivity index (χ1) is 6.27. The quantitative estimate of drug-likeness (QED) is 0.803. The van der Waals surface area contributed by atoms with E-state index in [1.807, 2.05) is 18.2 Å². The Labute approximate surface area is 82.9 Å². The van der Waals surface area contributed by atoms with Crippen LogP contribution in [0.15, 0.2) is 18.2 Å². The van der Waals surface area contributed by atoms with Crippen molar-refractivity contribution >= 4 is 11.6 Å². The van der Waals surface area contributed by atoms with Crippen LogP contribution in [0.3, 0.4) is 0 Å². The van der Waals surface area contributed by atoms with Gasteiger partial charge in [-0.1, -0.05) is 17.7 Å². The van der Waals surface area contributed by atoms with Crippen LogP contribution in [0.4, 0.5) is 0 Å². The lowest BCUT2D eigenvalue weighted by Crippen LogP contribution is -2.01. The van der Waals surface area contributed by atoms with Crippen LogP contribution in [0, 0.1) is 11.3 Å². The highest BCUT2D eigenvalue weighted by Gasteiger charge is 2.01. The van der Waals surface area contributed by atoms with Gasteiger partial charge < -0.3 is 5.73 Å². The minimum absolute atomic E-state index is 0.474. The van der Waals surface area contributed by atoms with Crippen molar-refractivity contribution in [2.75, 3.05) is 0 Å². The summed E-state index contributed by atoms with van der Waals surface area (Å²) in [6, 6.07) is 7.72. The van der Waals surface area contributed by atoms with Crippen molar-refractivity contribution in [3.63, 3.8) is 0 Å². The van der Waals surface area contributed by atoms with Crippen LogP contribution < -0.4 is 5.73 Å². The Kier molecular flexibility index (Phi) is 3.75. The molecule has 0 aliphatic rings. The zero-order valence-electron chi connectivity index (χ0n) is 7.26. The van der Waals surface area contributed by atoms with Gasteiger partial charge in [0.1, 0.15) is 0 Å². The summed E-state index contributed by atoms with van der Waals surface area (Å²) in [6.07, 6.45) is 1.27. The monoisotopic (exact) mass is 194 g/mol. The standard InChI is InChI=1S/C10H11ClN2/c11-10-4-3-8(2-1-5-12)9(6-10)7-13/h3-4,6H,1-2,7,13H2. The van der Waals surface area contributed by atoms with Crippen molar-refractivity contribution in [3.8, 4) is 6.07 Å². The van der Waals surface area contributed by atoms with Gasteiger partial charge >= 0.3 is 0 Å². The molecule has 0 fully saturated rings. The third-order valence-corrected chi connectivity index (χ3v) is 2.13. The van der Waals surface area contributed by atoms with E-state index in [2.05, 4.69) is 6.07 Å². The molecule has 0 bridgehead atoms. The second kappa shape index (κ2) is 4.86. The highest BCUT2D eigenvalue weighted by atomic mass is 35.5. The highest BCUT2D eigenvalue weighted by molar-refractivity contribution is 6.30. The molecule has 0 saturated heterocycles. The molecule has 0 aliphatic heterocycles. The van der Waals surface area contributed by atoms with E-state index < -0.39 is 0 Å². The molecule has 0 amide bonds. The van der Waals surface area contributed by atoms with Crippen LogP contribution in [0.1, 0.15) is 17.5 Å². The van der Waals surface area contributed by atoms with Gasteiger partial charge in [-0.3, -0.25) is 0 Å². The van der Waals surface area contributed by atoms with Crippen molar-refractivity contribution in [2.24, 2.45) is 5.73 Å². The predicted molar refractivity (Wildman–Crippen MR) is 53.3 cm³/mol. The summed E-state index contributed by atoms with van der Waals surface area (Å²) < 4.78 is 0. The SMILES string of the molecule is N#CCCc1ccc(Cl)cc1CN. The molecule has 3 heteroatoms. The lowest BCUT2D eigenvalue weighted by atomic mass is 10.0. The van der Waals surface area contributed by atoms with Gasteiger partial charge in [0.25, 0.3) is 0 Å². The molecule has 1 aromatic rings. The molecule has 2 N–H and O–H groups in total. The first-order valence-electron chi connectivity index (χ1n) is 4.12. The maximum Gasteiger partial charge on any atom is 0.0625 e. The molecule has 0 aromatic heterocycles. The van der Waals surface area contributed by atoms with Crippen LogP contribution in [0.2, 0.25) is 5.02 Å². The number of halogens is 1. The lowest BCUT2D eigenvalue weighted by molar-refractivity contribution is 0.953.